The van der Waals surface area contributed by atoms with Gasteiger partial charge in [0.15, 0.2) is 5.78 Å². The first kappa shape index (κ1) is 23.5. The Kier molecular flexibility index (Phi) is 6.98. The molecule has 0 radical (unpaired) electrons. The molecule has 1 atom stereocenters. The second kappa shape index (κ2) is 10.1. The zero-order valence-electron chi connectivity index (χ0n) is 18.5. The summed E-state index contributed by atoms with van der Waals surface area (Å²) in [6.45, 7) is 1.88. The van der Waals surface area contributed by atoms with Crippen LogP contribution in [0.3, 0.4) is 0 Å². The van der Waals surface area contributed by atoms with Crippen LogP contribution >= 0.6 is 11.6 Å². The van der Waals surface area contributed by atoms with Gasteiger partial charge in [0.1, 0.15) is 24.0 Å². The number of nitro benzene ring substituents is 1. The number of nitro groups is 1. The van der Waals surface area contributed by atoms with Crippen LogP contribution in [0.1, 0.15) is 37.7 Å². The van der Waals surface area contributed by atoms with Gasteiger partial charge in [-0.3, -0.25) is 14.9 Å². The number of benzene rings is 2. The lowest BCUT2D eigenvalue weighted by Gasteiger charge is -2.34. The summed E-state index contributed by atoms with van der Waals surface area (Å²) in [5.74, 6) is -0.847. The molecule has 0 fully saturated rings. The number of rotatable bonds is 7. The van der Waals surface area contributed by atoms with E-state index in [1.165, 1.54) is 12.1 Å². The number of hydrogen-bond donors (Lipinski definition) is 1. The van der Waals surface area contributed by atoms with Crippen LogP contribution in [-0.4, -0.2) is 29.9 Å². The third-order valence-corrected chi connectivity index (χ3v) is 6.14. The summed E-state index contributed by atoms with van der Waals surface area (Å²) in [7, 11) is 0. The van der Waals surface area contributed by atoms with Crippen molar-refractivity contribution in [2.75, 3.05) is 13.2 Å². The highest BCUT2D eigenvalue weighted by Crippen LogP contribution is 2.44. The number of hydrogen-bond acceptors (Lipinski definition) is 7. The summed E-state index contributed by atoms with van der Waals surface area (Å²) < 4.78 is 11.1. The third-order valence-electron chi connectivity index (χ3n) is 5.82. The van der Waals surface area contributed by atoms with Gasteiger partial charge in [-0.15, -0.1) is 0 Å². The van der Waals surface area contributed by atoms with Gasteiger partial charge >= 0.3 is 5.97 Å². The maximum absolute atomic E-state index is 13.2. The second-order valence-corrected chi connectivity index (χ2v) is 8.44. The van der Waals surface area contributed by atoms with E-state index in [2.05, 4.69) is 5.32 Å². The van der Waals surface area contributed by atoms with Gasteiger partial charge in [0, 0.05) is 35.4 Å². The van der Waals surface area contributed by atoms with E-state index in [0.29, 0.717) is 41.8 Å². The van der Waals surface area contributed by atoms with Gasteiger partial charge in [-0.1, -0.05) is 35.9 Å². The standard InChI is InChI=1S/C25H23ClN2O6/c1-15-22(25(30)34-13-12-33-17-6-3-2-4-7-17)23(24-19(27-15)8-5-9-21(24)29)16-10-11-18(26)20(14-16)28(31)32/h2-4,6-7,10-11,14,23,27H,5,8-9,12-13H2,1H3/t23-/m1/s1. The summed E-state index contributed by atoms with van der Waals surface area (Å²) in [6, 6.07) is 13.5. The molecule has 1 aliphatic carbocycles. The summed E-state index contributed by atoms with van der Waals surface area (Å²) in [5, 5.41) is 14.7. The Morgan fingerprint density at radius 3 is 2.68 bits per heavy atom. The number of allylic oxidation sites excluding steroid dienone is 3. The van der Waals surface area contributed by atoms with E-state index in [-0.39, 0.29) is 35.3 Å². The van der Waals surface area contributed by atoms with E-state index in [4.69, 9.17) is 21.1 Å². The predicted octanol–water partition coefficient (Wildman–Crippen LogP) is 4.84. The fourth-order valence-corrected chi connectivity index (χ4v) is 4.51. The topological polar surface area (TPSA) is 108 Å². The molecule has 0 unspecified atom stereocenters. The van der Waals surface area contributed by atoms with Crippen molar-refractivity contribution < 1.29 is 24.0 Å². The number of halogens is 1. The minimum absolute atomic E-state index is 0.00214. The van der Waals surface area contributed by atoms with Crippen LogP contribution in [-0.2, 0) is 14.3 Å². The average Bonchev–Trinajstić information content (AvgIpc) is 2.82. The van der Waals surface area contributed by atoms with Crippen molar-refractivity contribution in [1.29, 1.82) is 0 Å². The van der Waals surface area contributed by atoms with E-state index in [1.54, 1.807) is 25.1 Å². The maximum atomic E-state index is 13.2. The highest BCUT2D eigenvalue weighted by atomic mass is 35.5. The van der Waals surface area contributed by atoms with Crippen LogP contribution in [0.5, 0.6) is 5.75 Å². The number of para-hydroxylation sites is 1. The quantitative estimate of drug-likeness (QED) is 0.260. The first-order valence-electron chi connectivity index (χ1n) is 10.9. The number of esters is 1. The van der Waals surface area contributed by atoms with Crippen molar-refractivity contribution in [3.05, 3.63) is 91.8 Å². The molecule has 0 amide bonds. The molecule has 9 heteroatoms. The molecule has 2 aromatic rings. The normalized spacial score (nSPS) is 17.7. The Morgan fingerprint density at radius 1 is 1.18 bits per heavy atom. The van der Waals surface area contributed by atoms with Gasteiger partial charge in [0.25, 0.3) is 5.69 Å². The Labute approximate surface area is 201 Å². The van der Waals surface area contributed by atoms with Gasteiger partial charge in [-0.25, -0.2) is 4.79 Å². The van der Waals surface area contributed by atoms with Crippen molar-refractivity contribution in [2.45, 2.75) is 32.1 Å². The molecule has 8 nitrogen and oxygen atoms in total. The number of ether oxygens (including phenoxy) is 2. The molecule has 1 aliphatic heterocycles. The monoisotopic (exact) mass is 482 g/mol. The van der Waals surface area contributed by atoms with Gasteiger partial charge in [-0.05, 0) is 43.5 Å². The number of carbonyl (C=O) groups excluding carboxylic acids is 2. The zero-order chi connectivity index (χ0) is 24.2. The fraction of sp³-hybridized carbons (Fsp3) is 0.280. The van der Waals surface area contributed by atoms with Crippen molar-refractivity contribution in [2.24, 2.45) is 0 Å². The number of nitrogens with one attached hydrogen (secondary N) is 1. The molecule has 2 aliphatic rings. The molecule has 0 spiro atoms. The number of carbonyl (C=O) groups is 2. The summed E-state index contributed by atoms with van der Waals surface area (Å²) in [4.78, 5) is 37.0. The highest BCUT2D eigenvalue weighted by Gasteiger charge is 2.39. The van der Waals surface area contributed by atoms with Crippen molar-refractivity contribution >= 4 is 29.0 Å². The minimum atomic E-state index is -0.789. The second-order valence-electron chi connectivity index (χ2n) is 8.03. The lowest BCUT2D eigenvalue weighted by molar-refractivity contribution is -0.384. The summed E-state index contributed by atoms with van der Waals surface area (Å²) in [6.07, 6.45) is 1.69. The average molecular weight is 483 g/mol. The first-order valence-corrected chi connectivity index (χ1v) is 11.3. The third kappa shape index (κ3) is 4.82. The summed E-state index contributed by atoms with van der Waals surface area (Å²) >= 11 is 6.01. The molecular formula is C25H23ClN2O6. The lowest BCUT2D eigenvalue weighted by atomic mass is 9.75. The highest BCUT2D eigenvalue weighted by molar-refractivity contribution is 6.32. The van der Waals surface area contributed by atoms with E-state index < -0.39 is 16.8 Å². The number of Topliss-reactive ketones (excluding diaryl/α,β-unsaturated/α-hetero) is 1. The fourth-order valence-electron chi connectivity index (χ4n) is 4.32. The number of dihydropyridines is 1. The number of nitrogens with zero attached hydrogens (tertiary/aromatic N) is 1. The van der Waals surface area contributed by atoms with E-state index in [9.17, 15) is 19.7 Å². The van der Waals surface area contributed by atoms with Crippen LogP contribution in [0.25, 0.3) is 0 Å². The summed E-state index contributed by atoms with van der Waals surface area (Å²) in [5.41, 5.74) is 2.12. The molecular weight excluding hydrogens is 460 g/mol. The molecule has 0 aromatic heterocycles. The van der Waals surface area contributed by atoms with Gasteiger partial charge in [0.2, 0.25) is 0 Å². The molecule has 176 valence electrons. The Morgan fingerprint density at radius 2 is 1.94 bits per heavy atom. The van der Waals surface area contributed by atoms with Crippen LogP contribution < -0.4 is 10.1 Å². The Hall–Kier alpha value is -3.65. The van der Waals surface area contributed by atoms with Gasteiger partial charge < -0.3 is 14.8 Å². The largest absolute Gasteiger partial charge is 0.490 e. The first-order chi connectivity index (χ1) is 16.4. The predicted molar refractivity (Wildman–Crippen MR) is 125 cm³/mol. The molecule has 0 saturated heterocycles. The molecule has 34 heavy (non-hydrogen) atoms. The molecule has 1 heterocycles. The molecule has 0 bridgehead atoms. The van der Waals surface area contributed by atoms with E-state index in [0.717, 1.165) is 5.70 Å². The molecule has 2 aromatic carbocycles. The van der Waals surface area contributed by atoms with Gasteiger partial charge in [0.05, 0.1) is 10.5 Å². The minimum Gasteiger partial charge on any atom is -0.490 e. The zero-order valence-corrected chi connectivity index (χ0v) is 19.3. The van der Waals surface area contributed by atoms with E-state index >= 15 is 0 Å². The Bertz CT molecular complexity index is 1210. The maximum Gasteiger partial charge on any atom is 0.336 e. The van der Waals surface area contributed by atoms with Crippen molar-refractivity contribution in [1.82, 2.24) is 5.32 Å². The number of ketones is 1. The van der Waals surface area contributed by atoms with Crippen LogP contribution in [0.15, 0.2) is 71.1 Å². The molecule has 0 saturated carbocycles. The SMILES string of the molecule is CC1=C(C(=O)OCCOc2ccccc2)[C@@H](c2ccc(Cl)c([N+](=O)[O-])c2)C2=C(CCCC2=O)N1. The molecule has 4 rings (SSSR count). The van der Waals surface area contributed by atoms with E-state index in [1.807, 2.05) is 18.2 Å². The van der Waals surface area contributed by atoms with Crippen LogP contribution in [0.4, 0.5) is 5.69 Å². The smallest absolute Gasteiger partial charge is 0.336 e. The molecule has 1 N–H and O–H groups in total. The lowest BCUT2D eigenvalue weighted by Crippen LogP contribution is -2.34. The van der Waals surface area contributed by atoms with Gasteiger partial charge in [-0.2, -0.15) is 0 Å². The van der Waals surface area contributed by atoms with Crippen LogP contribution in [0, 0.1) is 10.1 Å². The van der Waals surface area contributed by atoms with Crippen molar-refractivity contribution in [3.8, 4) is 5.75 Å². The Balaban J connectivity index is 1.63. The van der Waals surface area contributed by atoms with Crippen molar-refractivity contribution in [3.63, 3.8) is 0 Å². The van der Waals surface area contributed by atoms with Crippen LogP contribution in [0.2, 0.25) is 5.02 Å².